The molecule has 0 aliphatic carbocycles. The van der Waals surface area contributed by atoms with Gasteiger partial charge in [0.15, 0.2) is 0 Å². The number of aromatic nitrogens is 2. The van der Waals surface area contributed by atoms with Gasteiger partial charge in [0.25, 0.3) is 0 Å². The van der Waals surface area contributed by atoms with Crippen LogP contribution in [0.4, 0.5) is 17.2 Å². The summed E-state index contributed by atoms with van der Waals surface area (Å²) in [5.74, 6) is -0.134. The Morgan fingerprint density at radius 2 is 1.33 bits per heavy atom. The Morgan fingerprint density at radius 1 is 0.647 bits per heavy atom. The van der Waals surface area contributed by atoms with Crippen LogP contribution in [0.5, 0.6) is 5.75 Å². The first-order valence-corrected chi connectivity index (χ1v) is 17.1. The average Bonchev–Trinajstić information content (AvgIpc) is 3.18. The molecule has 252 valence electrons. The highest BCUT2D eigenvalue weighted by atomic mass is 16.3. The predicted octanol–water partition coefficient (Wildman–Crippen LogP) is 12.4. The first kappa shape index (κ1) is 28.8. The minimum atomic E-state index is -2.20. The van der Waals surface area contributed by atoms with E-state index in [1.807, 2.05) is 117 Å². The van der Waals surface area contributed by atoms with E-state index in [1.54, 1.807) is 24.3 Å². The quantitative estimate of drug-likeness (QED) is 0.166. The molecular weight excluding hydrogens is 623 g/mol. The molecule has 0 saturated heterocycles. The zero-order valence-electron chi connectivity index (χ0n) is 33.3. The van der Waals surface area contributed by atoms with E-state index in [0.717, 1.165) is 50.6 Å². The van der Waals surface area contributed by atoms with Crippen LogP contribution in [0.3, 0.4) is 0 Å². The van der Waals surface area contributed by atoms with Crippen LogP contribution in [0.2, 0.25) is 0 Å². The fourth-order valence-electron chi connectivity index (χ4n) is 6.44. The molecule has 7 rings (SSSR count). The molecule has 0 saturated carbocycles. The third-order valence-corrected chi connectivity index (χ3v) is 9.48. The minimum absolute atomic E-state index is 0.110. The summed E-state index contributed by atoms with van der Waals surface area (Å²) in [6.07, 6.45) is 1.82. The lowest BCUT2D eigenvalue weighted by molar-refractivity contribution is 0.477. The van der Waals surface area contributed by atoms with Gasteiger partial charge in [0.1, 0.15) is 11.6 Å². The van der Waals surface area contributed by atoms with Crippen LogP contribution in [0, 0.1) is 6.85 Å². The van der Waals surface area contributed by atoms with Gasteiger partial charge in [-0.05, 0) is 107 Å². The zero-order valence-corrected chi connectivity index (χ0v) is 29.3. The molecule has 2 heterocycles. The molecule has 2 aromatic heterocycles. The Labute approximate surface area is 307 Å². The number of anilines is 3. The minimum Gasteiger partial charge on any atom is -0.507 e. The van der Waals surface area contributed by atoms with Gasteiger partial charge in [-0.15, -0.1) is 0 Å². The van der Waals surface area contributed by atoms with Crippen molar-refractivity contribution in [1.82, 2.24) is 9.97 Å². The van der Waals surface area contributed by atoms with Crippen LogP contribution in [0.1, 0.15) is 61.3 Å². The number of aryl methyl sites for hydroxylation is 1. The number of hydrogen-bond acceptors (Lipinski definition) is 4. The van der Waals surface area contributed by atoms with Gasteiger partial charge < -0.3 is 5.11 Å². The molecule has 4 heteroatoms. The summed E-state index contributed by atoms with van der Waals surface area (Å²) in [5, 5.41) is 11.0. The Hall–Kier alpha value is -6.00. The topological polar surface area (TPSA) is 49.2 Å². The Bertz CT molecular complexity index is 2440. The molecule has 0 atom stereocenters. The van der Waals surface area contributed by atoms with E-state index in [-0.39, 0.29) is 11.3 Å². The predicted molar refractivity (Wildman–Crippen MR) is 212 cm³/mol. The molecule has 0 fully saturated rings. The molecular formula is C47H43N3O. The van der Waals surface area contributed by atoms with Gasteiger partial charge in [-0.2, -0.15) is 0 Å². The summed E-state index contributed by atoms with van der Waals surface area (Å²) < 4.78 is 32.9. The second kappa shape index (κ2) is 14.1. The summed E-state index contributed by atoms with van der Waals surface area (Å²) in [6.45, 7) is 5.75. The maximum absolute atomic E-state index is 11.0. The molecule has 0 spiro atoms. The highest BCUT2D eigenvalue weighted by Crippen LogP contribution is 2.41. The molecule has 0 aliphatic heterocycles. The van der Waals surface area contributed by atoms with Crippen molar-refractivity contribution >= 4 is 17.2 Å². The highest BCUT2D eigenvalue weighted by Gasteiger charge is 2.26. The molecule has 7 aromatic rings. The summed E-state index contributed by atoms with van der Waals surface area (Å²) in [6, 6.07) is 48.8. The van der Waals surface area contributed by atoms with Crippen LogP contribution in [0.25, 0.3) is 33.6 Å². The van der Waals surface area contributed by atoms with Crippen molar-refractivity contribution in [2.75, 3.05) is 4.90 Å². The number of benzene rings is 5. The van der Waals surface area contributed by atoms with Crippen molar-refractivity contribution in [2.45, 2.75) is 45.9 Å². The number of para-hydroxylation sites is 2. The molecule has 0 unspecified atom stereocenters. The average molecular weight is 670 g/mol. The second-order valence-corrected chi connectivity index (χ2v) is 13.6. The lowest BCUT2D eigenvalue weighted by Gasteiger charge is -2.28. The molecule has 0 amide bonds. The molecule has 0 aliphatic rings. The number of aromatic hydroxyl groups is 1. The summed E-state index contributed by atoms with van der Waals surface area (Å²) in [7, 11) is 0. The van der Waals surface area contributed by atoms with Crippen LogP contribution >= 0.6 is 0 Å². The van der Waals surface area contributed by atoms with Gasteiger partial charge in [-0.1, -0.05) is 118 Å². The van der Waals surface area contributed by atoms with Crippen LogP contribution < -0.4 is 4.90 Å². The smallest absolute Gasteiger partial charge is 0.138 e. The van der Waals surface area contributed by atoms with Crippen molar-refractivity contribution in [1.29, 1.82) is 0 Å². The van der Waals surface area contributed by atoms with Crippen molar-refractivity contribution in [3.05, 3.63) is 180 Å². The van der Waals surface area contributed by atoms with Crippen LogP contribution in [-0.2, 0) is 5.41 Å². The normalized spacial score (nSPS) is 13.1. The van der Waals surface area contributed by atoms with E-state index >= 15 is 0 Å². The Kier molecular flexibility index (Phi) is 7.95. The van der Waals surface area contributed by atoms with Gasteiger partial charge in [-0.3, -0.25) is 4.90 Å². The second-order valence-electron chi connectivity index (χ2n) is 13.6. The van der Waals surface area contributed by atoms with Gasteiger partial charge in [0, 0.05) is 39.6 Å². The summed E-state index contributed by atoms with van der Waals surface area (Å²) >= 11 is 0. The zero-order chi connectivity index (χ0) is 39.0. The lowest BCUT2D eigenvalue weighted by atomic mass is 9.77. The number of pyridine rings is 2. The van der Waals surface area contributed by atoms with Gasteiger partial charge in [-0.25, -0.2) is 9.97 Å². The van der Waals surface area contributed by atoms with Crippen LogP contribution in [0.15, 0.2) is 158 Å². The molecule has 1 N–H and O–H groups in total. The standard InChI is InChI=1S/C47H43N3O/c1-32(2)36-26-37(28-41(27-36)50(40-16-10-7-11-17-40)46-29-35(24-25-48-46)34-14-8-6-9-15-34)43-30-39(47(4,5)38-22-20-33(3)21-23-38)31-44(49-43)42-18-12-13-19-45(42)51/h6-32,51H,1-5H3/i3D3,32D. The molecule has 0 bridgehead atoms. The Morgan fingerprint density at radius 3 is 2.04 bits per heavy atom. The summed E-state index contributed by atoms with van der Waals surface area (Å²) in [4.78, 5) is 12.2. The first-order valence-electron chi connectivity index (χ1n) is 19.1. The molecule has 5 aromatic carbocycles. The van der Waals surface area contributed by atoms with Crippen molar-refractivity contribution < 1.29 is 10.6 Å². The van der Waals surface area contributed by atoms with Crippen molar-refractivity contribution in [2.24, 2.45) is 0 Å². The highest BCUT2D eigenvalue weighted by molar-refractivity contribution is 5.81. The third kappa shape index (κ3) is 7.04. The third-order valence-electron chi connectivity index (χ3n) is 9.48. The maximum atomic E-state index is 11.0. The molecule has 4 nitrogen and oxygen atoms in total. The number of phenols is 1. The molecule has 51 heavy (non-hydrogen) atoms. The van der Waals surface area contributed by atoms with Crippen molar-refractivity contribution in [3.63, 3.8) is 0 Å². The van der Waals surface area contributed by atoms with Gasteiger partial charge >= 0.3 is 0 Å². The fourth-order valence-corrected chi connectivity index (χ4v) is 6.44. The Balaban J connectivity index is 1.45. The SMILES string of the molecule is [2H]C([2H])([2H])c1ccc(C(C)(C)c2cc(-c3cc(N(c4ccccc4)c4cc(-c5ccccc5)ccn4)cc(C([2H])(C)C)c3)nc(-c3ccccc3O)c2)cc1. The number of nitrogens with zero attached hydrogens (tertiary/aromatic N) is 3. The monoisotopic (exact) mass is 669 g/mol. The first-order chi connectivity index (χ1) is 26.2. The van der Waals surface area contributed by atoms with E-state index in [4.69, 9.17) is 14.1 Å². The molecule has 0 radical (unpaired) electrons. The van der Waals surface area contributed by atoms with E-state index in [1.165, 1.54) is 0 Å². The van der Waals surface area contributed by atoms with Gasteiger partial charge in [0.2, 0.25) is 0 Å². The number of phenolic OH excluding ortho intramolecular Hbond substituents is 1. The van der Waals surface area contributed by atoms with Crippen LogP contribution in [-0.4, -0.2) is 15.1 Å². The summed E-state index contributed by atoms with van der Waals surface area (Å²) in [5.41, 5.74) is 8.80. The largest absolute Gasteiger partial charge is 0.507 e. The number of hydrogen-bond donors (Lipinski definition) is 1. The number of rotatable bonds is 9. The van der Waals surface area contributed by atoms with E-state index in [2.05, 4.69) is 49.1 Å². The van der Waals surface area contributed by atoms with E-state index < -0.39 is 18.2 Å². The fraction of sp³-hybridized carbons (Fsp3) is 0.149. The maximum Gasteiger partial charge on any atom is 0.138 e. The van der Waals surface area contributed by atoms with Gasteiger partial charge in [0.05, 0.1) is 11.4 Å². The van der Waals surface area contributed by atoms with E-state index in [9.17, 15) is 6.48 Å². The lowest BCUT2D eigenvalue weighted by Crippen LogP contribution is -2.19. The van der Waals surface area contributed by atoms with Crippen molar-refractivity contribution in [3.8, 4) is 39.4 Å². The van der Waals surface area contributed by atoms with E-state index in [0.29, 0.717) is 17.0 Å².